The summed E-state index contributed by atoms with van der Waals surface area (Å²) >= 11 is 0. The fraction of sp³-hybridized carbons (Fsp3) is 0.197. The summed E-state index contributed by atoms with van der Waals surface area (Å²) in [5.74, 6) is 4.09. The number of nitrogens with zero attached hydrogens (tertiary/aromatic N) is 4. The molecular weight excluding hydrogens is 943 g/mol. The fourth-order valence-electron chi connectivity index (χ4n) is 8.28. The highest BCUT2D eigenvalue weighted by molar-refractivity contribution is 6.08. The van der Waals surface area contributed by atoms with Gasteiger partial charge in [-0.05, 0) is 148 Å². The summed E-state index contributed by atoms with van der Waals surface area (Å²) in [4.78, 5) is 50.5. The number of nitrogens with one attached hydrogen (secondary N) is 2. The van der Waals surface area contributed by atoms with Crippen molar-refractivity contribution in [2.75, 3.05) is 52.3 Å². The van der Waals surface area contributed by atoms with Gasteiger partial charge in [0.05, 0.1) is 22.4 Å². The van der Waals surface area contributed by atoms with Gasteiger partial charge < -0.3 is 45.5 Å². The van der Waals surface area contributed by atoms with E-state index in [9.17, 15) is 19.5 Å². The third-order valence-corrected chi connectivity index (χ3v) is 12.5. The maximum absolute atomic E-state index is 12.7. The zero-order valence-corrected chi connectivity index (χ0v) is 42.2. The topological polar surface area (TPSA) is 181 Å². The highest BCUT2D eigenvalue weighted by Gasteiger charge is 2.18. The summed E-state index contributed by atoms with van der Waals surface area (Å²) in [5.41, 5.74) is 10.3. The number of aryl methyl sites for hydroxylation is 2. The number of carboxylic acid groups (broad SMARTS) is 1. The van der Waals surface area contributed by atoms with Crippen LogP contribution in [-0.4, -0.2) is 59.0 Å². The zero-order valence-electron chi connectivity index (χ0n) is 42.2. The van der Waals surface area contributed by atoms with Crippen LogP contribution in [0.5, 0.6) is 34.5 Å². The van der Waals surface area contributed by atoms with Crippen LogP contribution < -0.4 is 40.4 Å². The van der Waals surface area contributed by atoms with Crippen molar-refractivity contribution in [2.45, 2.75) is 52.4 Å². The lowest BCUT2D eigenvalue weighted by Gasteiger charge is -2.27. The van der Waals surface area contributed by atoms with E-state index in [0.29, 0.717) is 28.4 Å². The first-order chi connectivity index (χ1) is 36.5. The second-order valence-corrected chi connectivity index (χ2v) is 18.1. The highest BCUT2D eigenvalue weighted by atomic mass is 16.5. The Morgan fingerprint density at radius 3 is 1.28 bits per heavy atom. The molecule has 14 heteroatoms. The number of anilines is 5. The lowest BCUT2D eigenvalue weighted by molar-refractivity contribution is 0.0697. The number of carbonyl (C=O) groups excluding carboxylic acids is 2. The second-order valence-electron chi connectivity index (χ2n) is 18.1. The summed E-state index contributed by atoms with van der Waals surface area (Å²) in [6.07, 6.45) is 10.4. The highest BCUT2D eigenvalue weighted by Crippen LogP contribution is 2.30. The summed E-state index contributed by atoms with van der Waals surface area (Å²) in [6.45, 7) is 7.93. The van der Waals surface area contributed by atoms with Crippen LogP contribution in [0, 0.1) is 13.8 Å². The number of pyridine rings is 2. The van der Waals surface area contributed by atoms with Gasteiger partial charge in [0, 0.05) is 68.1 Å². The van der Waals surface area contributed by atoms with Gasteiger partial charge in [-0.25, -0.2) is 14.8 Å². The van der Waals surface area contributed by atoms with Crippen LogP contribution in [0.15, 0.2) is 182 Å². The minimum Gasteiger partial charge on any atom is -0.478 e. The number of carbonyl (C=O) groups is 3. The number of benzene rings is 6. The standard InChI is InChI=1S/C24H23N3O4.C24H25N3O2.C13H13NO/c28-23(17-9-12-22(25-16-17)27-13-5-2-6-14-27)26-21-15-19(10-11-20(21)24(29)30)31-18-7-3-1-4-8-18;1-18-10-12-21(29-20-8-4-2-5-9-20)16-22(18)26-24(28)19-11-13-23(25-17-19)27-14-6-3-7-15-27;1-10-7-8-12(9-13(10)14)15-11-5-3-2-4-6-11/h1,3-4,7-12,15-16H,2,5-6,13-14H2,(H,26,28)(H,29,30);2,4-5,8-13,16-17H,3,6-7,14-15H2,1H3,(H,26,28);2-9H,14H2,1H3. The van der Waals surface area contributed by atoms with Gasteiger partial charge in [-0.3, -0.25) is 9.59 Å². The number of hydrogen-bond acceptors (Lipinski definition) is 11. The SMILES string of the molecule is Cc1ccc(Oc2ccccc2)cc1N.Cc1ccc(Oc2ccccc2)cc1NC(=O)c1ccc(N2CCCCC2)nc1.O=C(Nc1cc(Oc2ccccc2)ccc1C(=O)O)c1ccc(N2CCCCC2)nc1. The number of nitrogen functional groups attached to an aromatic ring is 1. The average molecular weight is 1000 g/mol. The van der Waals surface area contributed by atoms with Crippen molar-refractivity contribution < 1.29 is 33.7 Å². The maximum atomic E-state index is 12.7. The van der Waals surface area contributed by atoms with Crippen molar-refractivity contribution >= 4 is 46.5 Å². The molecule has 0 atom stereocenters. The van der Waals surface area contributed by atoms with Crippen LogP contribution in [0.1, 0.15) is 80.7 Å². The van der Waals surface area contributed by atoms with Crippen LogP contribution in [0.25, 0.3) is 0 Å². The largest absolute Gasteiger partial charge is 0.478 e. The Morgan fingerprint density at radius 1 is 0.467 bits per heavy atom. The Bertz CT molecular complexity index is 3130. The van der Waals surface area contributed by atoms with Crippen LogP contribution in [0.2, 0.25) is 0 Å². The Kier molecular flexibility index (Phi) is 18.1. The molecule has 2 aromatic heterocycles. The molecule has 0 spiro atoms. The number of para-hydroxylation sites is 3. The molecule has 2 aliphatic heterocycles. The molecule has 0 aliphatic carbocycles. The van der Waals surface area contributed by atoms with E-state index in [1.54, 1.807) is 30.5 Å². The Hall–Kier alpha value is -9.17. The molecule has 0 unspecified atom stereocenters. The first-order valence-corrected chi connectivity index (χ1v) is 25.1. The Morgan fingerprint density at radius 2 is 0.867 bits per heavy atom. The third kappa shape index (κ3) is 15.2. The molecule has 0 saturated carbocycles. The van der Waals surface area contributed by atoms with Gasteiger partial charge in [-0.2, -0.15) is 0 Å². The van der Waals surface area contributed by atoms with Crippen LogP contribution in [-0.2, 0) is 0 Å². The van der Waals surface area contributed by atoms with Gasteiger partial charge in [0.2, 0.25) is 0 Å². The second kappa shape index (κ2) is 26.0. The molecule has 2 amide bonds. The Labute approximate surface area is 437 Å². The molecule has 10 rings (SSSR count). The summed E-state index contributed by atoms with van der Waals surface area (Å²) < 4.78 is 17.3. The van der Waals surface area contributed by atoms with Crippen molar-refractivity contribution in [1.29, 1.82) is 0 Å². The number of hydrogen-bond donors (Lipinski definition) is 4. The molecule has 6 aromatic carbocycles. The molecule has 2 saturated heterocycles. The number of piperidine rings is 2. The van der Waals surface area contributed by atoms with Crippen molar-refractivity contribution in [3.05, 3.63) is 210 Å². The predicted molar refractivity (Wildman–Crippen MR) is 296 cm³/mol. The van der Waals surface area contributed by atoms with Crippen LogP contribution in [0.4, 0.5) is 28.7 Å². The van der Waals surface area contributed by atoms with E-state index in [-0.39, 0.29) is 17.2 Å². The number of amides is 2. The first kappa shape index (κ1) is 52.2. The molecular formula is C61H61N7O7. The molecule has 0 bridgehead atoms. The number of ether oxygens (including phenoxy) is 3. The monoisotopic (exact) mass is 1000 g/mol. The quantitative estimate of drug-likeness (QED) is 0.0804. The molecule has 2 fully saturated rings. The van der Waals surface area contributed by atoms with Gasteiger partial charge >= 0.3 is 5.97 Å². The normalized spacial score (nSPS) is 12.9. The molecule has 4 heterocycles. The Balaban J connectivity index is 0.000000158. The summed E-state index contributed by atoms with van der Waals surface area (Å²) in [6, 6.07) is 51.5. The van der Waals surface area contributed by atoms with Gasteiger partial charge in [0.1, 0.15) is 46.1 Å². The lowest BCUT2D eigenvalue weighted by atomic mass is 10.1. The minimum absolute atomic E-state index is 0.0216. The minimum atomic E-state index is -1.14. The predicted octanol–water partition coefficient (Wildman–Crippen LogP) is 13.6. The smallest absolute Gasteiger partial charge is 0.337 e. The summed E-state index contributed by atoms with van der Waals surface area (Å²) in [7, 11) is 0. The van der Waals surface area contributed by atoms with Gasteiger partial charge in [-0.15, -0.1) is 0 Å². The third-order valence-electron chi connectivity index (χ3n) is 12.5. The van der Waals surface area contributed by atoms with Crippen molar-refractivity contribution in [3.8, 4) is 34.5 Å². The molecule has 382 valence electrons. The van der Waals surface area contributed by atoms with E-state index >= 15 is 0 Å². The molecule has 2 aliphatic rings. The van der Waals surface area contributed by atoms with Gasteiger partial charge in [-0.1, -0.05) is 66.7 Å². The molecule has 5 N–H and O–H groups in total. The van der Waals surface area contributed by atoms with Crippen molar-refractivity contribution in [2.24, 2.45) is 0 Å². The molecule has 14 nitrogen and oxygen atoms in total. The van der Waals surface area contributed by atoms with E-state index in [0.717, 1.165) is 90.4 Å². The summed E-state index contributed by atoms with van der Waals surface area (Å²) in [5, 5.41) is 15.2. The van der Waals surface area contributed by atoms with E-state index < -0.39 is 11.9 Å². The van der Waals surface area contributed by atoms with E-state index in [2.05, 4.69) is 30.4 Å². The maximum Gasteiger partial charge on any atom is 0.337 e. The van der Waals surface area contributed by atoms with Crippen LogP contribution >= 0.6 is 0 Å². The zero-order chi connectivity index (χ0) is 52.4. The van der Waals surface area contributed by atoms with Crippen molar-refractivity contribution in [3.63, 3.8) is 0 Å². The van der Waals surface area contributed by atoms with E-state index in [1.807, 2.05) is 147 Å². The average Bonchev–Trinajstić information content (AvgIpc) is 3.44. The number of rotatable bonds is 13. The number of carboxylic acids is 1. The van der Waals surface area contributed by atoms with E-state index in [1.165, 1.54) is 44.0 Å². The van der Waals surface area contributed by atoms with Gasteiger partial charge in [0.15, 0.2) is 0 Å². The number of nitrogens with two attached hydrogens (primary N) is 1. The molecule has 0 radical (unpaired) electrons. The lowest BCUT2D eigenvalue weighted by Crippen LogP contribution is -2.30. The van der Waals surface area contributed by atoms with Crippen LogP contribution in [0.3, 0.4) is 0 Å². The first-order valence-electron chi connectivity index (χ1n) is 25.1. The van der Waals surface area contributed by atoms with E-state index in [4.69, 9.17) is 19.9 Å². The van der Waals surface area contributed by atoms with Crippen molar-refractivity contribution in [1.82, 2.24) is 9.97 Å². The molecule has 75 heavy (non-hydrogen) atoms. The number of aromatic carboxylic acids is 1. The molecule has 8 aromatic rings. The number of aromatic nitrogens is 2. The fourth-order valence-corrected chi connectivity index (χ4v) is 8.28. The van der Waals surface area contributed by atoms with Gasteiger partial charge in [0.25, 0.3) is 11.8 Å².